The molecule has 2 N–H and O–H groups in total. The molecule has 0 bridgehead atoms. The number of hydrogen-bond acceptors (Lipinski definition) is 3. The van der Waals surface area contributed by atoms with E-state index in [4.69, 9.17) is 10.5 Å². The number of nitrogens with two attached hydrogens (primary N) is 1. The van der Waals surface area contributed by atoms with Gasteiger partial charge in [-0.15, -0.1) is 0 Å². The van der Waals surface area contributed by atoms with Crippen LogP contribution in [0.4, 0.5) is 0 Å². The molecule has 1 aliphatic rings. The van der Waals surface area contributed by atoms with Gasteiger partial charge in [0, 0.05) is 13.7 Å². The van der Waals surface area contributed by atoms with Crippen molar-refractivity contribution in [3.63, 3.8) is 0 Å². The first kappa shape index (κ1) is 11.3. The normalized spacial score (nSPS) is 21.7. The lowest BCUT2D eigenvalue weighted by Crippen LogP contribution is -2.25. The molecular weight excluding hydrogens is 182 g/mol. The molecule has 0 amide bonds. The van der Waals surface area contributed by atoms with Gasteiger partial charge in [0.1, 0.15) is 0 Å². The van der Waals surface area contributed by atoms with Gasteiger partial charge in [0.05, 0.1) is 0 Å². The van der Waals surface area contributed by atoms with Crippen LogP contribution in [0.15, 0.2) is 0 Å². The van der Waals surface area contributed by atoms with Gasteiger partial charge in [-0.1, -0.05) is 0 Å². The Bertz CT molecular complexity index is 120. The molecular formula is C10H21NOS. The van der Waals surface area contributed by atoms with E-state index in [1.54, 1.807) is 7.11 Å². The first-order chi connectivity index (χ1) is 6.38. The third-order valence-electron chi connectivity index (χ3n) is 2.85. The molecule has 0 radical (unpaired) electrons. The first-order valence-electron chi connectivity index (χ1n) is 5.15. The van der Waals surface area contributed by atoms with E-state index < -0.39 is 0 Å². The van der Waals surface area contributed by atoms with Gasteiger partial charge in [0.2, 0.25) is 0 Å². The quantitative estimate of drug-likeness (QED) is 0.739. The fourth-order valence-electron chi connectivity index (χ4n) is 2.07. The molecule has 1 saturated heterocycles. The van der Waals surface area contributed by atoms with Crippen LogP contribution in [0.2, 0.25) is 0 Å². The fourth-order valence-corrected chi connectivity index (χ4v) is 3.21. The van der Waals surface area contributed by atoms with Crippen molar-refractivity contribution < 1.29 is 4.74 Å². The van der Waals surface area contributed by atoms with Crippen LogP contribution in [-0.2, 0) is 4.74 Å². The Morgan fingerprint density at radius 3 is 2.69 bits per heavy atom. The molecule has 13 heavy (non-hydrogen) atoms. The molecule has 0 saturated carbocycles. The summed E-state index contributed by atoms with van der Waals surface area (Å²) in [5.41, 5.74) is 5.61. The summed E-state index contributed by atoms with van der Waals surface area (Å²) >= 11 is 2.08. The van der Waals surface area contributed by atoms with E-state index in [1.807, 2.05) is 0 Å². The number of thioether (sulfide) groups is 1. The summed E-state index contributed by atoms with van der Waals surface area (Å²) in [6.07, 6.45) is 3.85. The second kappa shape index (κ2) is 6.68. The van der Waals surface area contributed by atoms with E-state index >= 15 is 0 Å². The average Bonchev–Trinajstić information content (AvgIpc) is 2.19. The number of rotatable bonds is 5. The Morgan fingerprint density at radius 1 is 1.46 bits per heavy atom. The molecule has 0 aromatic heterocycles. The summed E-state index contributed by atoms with van der Waals surface area (Å²) in [5, 5.41) is 0. The smallest absolute Gasteiger partial charge is 0.0493 e. The van der Waals surface area contributed by atoms with Crippen LogP contribution in [0.1, 0.15) is 19.3 Å². The van der Waals surface area contributed by atoms with Crippen molar-refractivity contribution in [3.8, 4) is 0 Å². The number of hydrogen-bond donors (Lipinski definition) is 1. The van der Waals surface area contributed by atoms with Crippen LogP contribution < -0.4 is 5.73 Å². The Morgan fingerprint density at radius 2 is 2.15 bits per heavy atom. The minimum Gasteiger partial charge on any atom is -0.384 e. The van der Waals surface area contributed by atoms with Gasteiger partial charge in [-0.2, -0.15) is 11.8 Å². The molecule has 0 aromatic rings. The lowest BCUT2D eigenvalue weighted by molar-refractivity contribution is 0.112. The van der Waals surface area contributed by atoms with E-state index in [-0.39, 0.29) is 0 Å². The summed E-state index contributed by atoms with van der Waals surface area (Å²) in [4.78, 5) is 0. The molecule has 0 spiro atoms. The number of ether oxygens (including phenoxy) is 1. The Kier molecular flexibility index (Phi) is 5.83. The van der Waals surface area contributed by atoms with Crippen LogP contribution >= 0.6 is 11.8 Å². The van der Waals surface area contributed by atoms with Gasteiger partial charge in [0.15, 0.2) is 0 Å². The number of methoxy groups -OCH3 is 1. The maximum atomic E-state index is 5.61. The van der Waals surface area contributed by atoms with E-state index in [0.717, 1.165) is 25.5 Å². The third-order valence-corrected chi connectivity index (χ3v) is 3.90. The summed E-state index contributed by atoms with van der Waals surface area (Å²) < 4.78 is 5.25. The zero-order valence-corrected chi connectivity index (χ0v) is 9.31. The van der Waals surface area contributed by atoms with Crippen molar-refractivity contribution in [2.75, 3.05) is 31.8 Å². The van der Waals surface area contributed by atoms with E-state index in [9.17, 15) is 0 Å². The van der Waals surface area contributed by atoms with Crippen LogP contribution in [-0.4, -0.2) is 31.8 Å². The molecule has 0 aromatic carbocycles. The molecule has 1 aliphatic heterocycles. The summed E-state index contributed by atoms with van der Waals surface area (Å²) in [6, 6.07) is 0. The van der Waals surface area contributed by atoms with Gasteiger partial charge in [-0.3, -0.25) is 0 Å². The average molecular weight is 203 g/mol. The summed E-state index contributed by atoms with van der Waals surface area (Å²) in [7, 11) is 1.79. The molecule has 1 unspecified atom stereocenters. The lowest BCUT2D eigenvalue weighted by atomic mass is 9.86. The highest BCUT2D eigenvalue weighted by molar-refractivity contribution is 7.99. The Hall–Kier alpha value is 0.270. The zero-order chi connectivity index (χ0) is 9.52. The molecule has 0 aliphatic carbocycles. The largest absolute Gasteiger partial charge is 0.384 e. The highest BCUT2D eigenvalue weighted by Crippen LogP contribution is 2.30. The maximum Gasteiger partial charge on any atom is 0.0493 e. The van der Waals surface area contributed by atoms with Crippen molar-refractivity contribution in [3.05, 3.63) is 0 Å². The Balaban J connectivity index is 2.32. The van der Waals surface area contributed by atoms with E-state index in [0.29, 0.717) is 5.92 Å². The van der Waals surface area contributed by atoms with Gasteiger partial charge in [0.25, 0.3) is 0 Å². The highest BCUT2D eigenvalue weighted by Gasteiger charge is 2.22. The van der Waals surface area contributed by atoms with Gasteiger partial charge < -0.3 is 10.5 Å². The topological polar surface area (TPSA) is 35.2 Å². The summed E-state index contributed by atoms with van der Waals surface area (Å²) in [5.74, 6) is 4.23. The predicted molar refractivity (Wildman–Crippen MR) is 59.1 cm³/mol. The fraction of sp³-hybridized carbons (Fsp3) is 1.00. The SMILES string of the molecule is COCC(CCN)C1CCSCC1. The molecule has 3 heteroatoms. The van der Waals surface area contributed by atoms with Crippen LogP contribution in [0.5, 0.6) is 0 Å². The summed E-state index contributed by atoms with van der Waals surface area (Å²) in [6.45, 7) is 1.70. The second-order valence-electron chi connectivity index (χ2n) is 3.74. The van der Waals surface area contributed by atoms with Crippen molar-refractivity contribution in [2.45, 2.75) is 19.3 Å². The third kappa shape index (κ3) is 3.88. The predicted octanol–water partition coefficient (Wildman–Crippen LogP) is 1.74. The zero-order valence-electron chi connectivity index (χ0n) is 8.50. The van der Waals surface area contributed by atoms with E-state index in [1.165, 1.54) is 24.3 Å². The van der Waals surface area contributed by atoms with Gasteiger partial charge in [-0.05, 0) is 49.1 Å². The molecule has 1 atom stereocenters. The van der Waals surface area contributed by atoms with Crippen molar-refractivity contribution in [1.29, 1.82) is 0 Å². The first-order valence-corrected chi connectivity index (χ1v) is 6.30. The van der Waals surface area contributed by atoms with Crippen LogP contribution in [0.3, 0.4) is 0 Å². The molecule has 2 nitrogen and oxygen atoms in total. The molecule has 78 valence electrons. The standard InChI is InChI=1S/C10H21NOS/c1-12-8-10(2-5-11)9-3-6-13-7-4-9/h9-10H,2-8,11H2,1H3. The monoisotopic (exact) mass is 203 g/mol. The van der Waals surface area contributed by atoms with Crippen molar-refractivity contribution in [1.82, 2.24) is 0 Å². The second-order valence-corrected chi connectivity index (χ2v) is 4.97. The van der Waals surface area contributed by atoms with E-state index in [2.05, 4.69) is 11.8 Å². The molecule has 1 fully saturated rings. The van der Waals surface area contributed by atoms with Gasteiger partial charge >= 0.3 is 0 Å². The minimum atomic E-state index is 0.705. The Labute approximate surface area is 85.6 Å². The minimum absolute atomic E-state index is 0.705. The molecule has 1 rings (SSSR count). The lowest BCUT2D eigenvalue weighted by Gasteiger charge is -2.29. The maximum absolute atomic E-state index is 5.61. The van der Waals surface area contributed by atoms with Crippen LogP contribution in [0, 0.1) is 11.8 Å². The van der Waals surface area contributed by atoms with Crippen molar-refractivity contribution in [2.24, 2.45) is 17.6 Å². The van der Waals surface area contributed by atoms with Crippen LogP contribution in [0.25, 0.3) is 0 Å². The molecule has 1 heterocycles. The van der Waals surface area contributed by atoms with Crippen molar-refractivity contribution >= 4 is 11.8 Å². The van der Waals surface area contributed by atoms with Gasteiger partial charge in [-0.25, -0.2) is 0 Å². The highest BCUT2D eigenvalue weighted by atomic mass is 32.2.